The van der Waals surface area contributed by atoms with Crippen molar-refractivity contribution in [3.63, 3.8) is 0 Å². The number of aromatic nitrogens is 1. The Balaban J connectivity index is 1.77. The lowest BCUT2D eigenvalue weighted by atomic mass is 9.85. The predicted molar refractivity (Wildman–Crippen MR) is 159 cm³/mol. The Morgan fingerprint density at radius 1 is 1.00 bits per heavy atom. The second kappa shape index (κ2) is 10.4. The smallest absolute Gasteiger partial charge is 0.301 e. The summed E-state index contributed by atoms with van der Waals surface area (Å²) in [6.07, 6.45) is 0. The van der Waals surface area contributed by atoms with Gasteiger partial charge in [-0.3, -0.25) is 14.5 Å². The van der Waals surface area contributed by atoms with E-state index in [1.165, 1.54) is 36.5 Å². The first-order valence-corrected chi connectivity index (χ1v) is 13.9. The van der Waals surface area contributed by atoms with E-state index in [0.29, 0.717) is 16.2 Å². The Labute approximate surface area is 245 Å². The average molecular weight is 598 g/mol. The van der Waals surface area contributed by atoms with Crippen LogP contribution in [0.3, 0.4) is 0 Å². The summed E-state index contributed by atoms with van der Waals surface area (Å²) in [5.41, 5.74) is 2.19. The van der Waals surface area contributed by atoms with Gasteiger partial charge in [0.15, 0.2) is 16.6 Å². The molecule has 0 aliphatic carbocycles. The largest absolute Gasteiger partial charge is 0.507 e. The molecule has 4 aromatic rings. The molecule has 1 unspecified atom stereocenters. The number of Topliss-reactive ketones (excluding diaryl/α,β-unsaturated/α-hetero) is 1. The number of carbonyl (C=O) groups excluding carboxylic acids is 2. The van der Waals surface area contributed by atoms with Crippen molar-refractivity contribution in [3.05, 3.63) is 86.9 Å². The van der Waals surface area contributed by atoms with E-state index in [1.54, 1.807) is 0 Å². The highest BCUT2D eigenvalue weighted by Gasteiger charge is 2.48. The van der Waals surface area contributed by atoms with Gasteiger partial charge in [0.25, 0.3) is 5.78 Å². The zero-order chi connectivity index (χ0) is 28.9. The molecule has 2 heterocycles. The summed E-state index contributed by atoms with van der Waals surface area (Å²) in [5.74, 6) is -1.95. The molecule has 1 aromatic heterocycles. The number of benzene rings is 3. The van der Waals surface area contributed by atoms with Gasteiger partial charge in [-0.05, 0) is 34.7 Å². The van der Waals surface area contributed by atoms with E-state index in [4.69, 9.17) is 32.7 Å². The van der Waals surface area contributed by atoms with Crippen LogP contribution >= 0.6 is 34.5 Å². The third-order valence-corrected chi connectivity index (χ3v) is 8.48. The molecule has 0 bridgehead atoms. The normalized spacial score (nSPS) is 17.1. The minimum atomic E-state index is -0.973. The van der Waals surface area contributed by atoms with E-state index in [9.17, 15) is 14.7 Å². The van der Waals surface area contributed by atoms with Crippen LogP contribution in [0.25, 0.3) is 16.0 Å². The van der Waals surface area contributed by atoms with Crippen molar-refractivity contribution in [2.45, 2.75) is 32.2 Å². The Morgan fingerprint density at radius 3 is 2.25 bits per heavy atom. The van der Waals surface area contributed by atoms with E-state index >= 15 is 0 Å². The van der Waals surface area contributed by atoms with Gasteiger partial charge in [0.2, 0.25) is 0 Å². The van der Waals surface area contributed by atoms with Crippen molar-refractivity contribution in [1.82, 2.24) is 4.98 Å². The summed E-state index contributed by atoms with van der Waals surface area (Å²) in [5, 5.41) is 12.1. The summed E-state index contributed by atoms with van der Waals surface area (Å²) in [4.78, 5) is 33.3. The molecule has 1 amide bonds. The Bertz CT molecular complexity index is 1660. The summed E-state index contributed by atoms with van der Waals surface area (Å²) in [6.45, 7) is 6.29. The topological polar surface area (TPSA) is 89.0 Å². The number of anilines is 1. The van der Waals surface area contributed by atoms with Crippen molar-refractivity contribution < 1.29 is 24.2 Å². The van der Waals surface area contributed by atoms with Crippen molar-refractivity contribution in [2.24, 2.45) is 0 Å². The number of fused-ring (bicyclic) bond motifs is 1. The molecule has 1 fully saturated rings. The second-order valence-corrected chi connectivity index (χ2v) is 12.1. The first kappa shape index (κ1) is 28.0. The Hall–Kier alpha value is -3.59. The van der Waals surface area contributed by atoms with Crippen LogP contribution in [0.5, 0.6) is 11.5 Å². The number of rotatable bonds is 5. The number of ether oxygens (including phenoxy) is 2. The first-order chi connectivity index (χ1) is 19.0. The maximum absolute atomic E-state index is 13.7. The minimum Gasteiger partial charge on any atom is -0.507 e. The lowest BCUT2D eigenvalue weighted by molar-refractivity contribution is -0.132. The summed E-state index contributed by atoms with van der Waals surface area (Å²) in [6, 6.07) is 15.5. The number of amides is 1. The van der Waals surface area contributed by atoms with Crippen LogP contribution in [0, 0.1) is 0 Å². The highest BCUT2D eigenvalue weighted by Crippen LogP contribution is 2.49. The van der Waals surface area contributed by atoms with E-state index in [1.807, 2.05) is 48.5 Å². The maximum atomic E-state index is 13.7. The first-order valence-electron chi connectivity index (χ1n) is 12.3. The van der Waals surface area contributed by atoms with Gasteiger partial charge < -0.3 is 14.6 Å². The quantitative estimate of drug-likeness (QED) is 0.145. The minimum absolute atomic E-state index is 0.0190. The molecule has 3 aromatic carbocycles. The molecule has 1 saturated heterocycles. The lowest BCUT2D eigenvalue weighted by Gasteiger charge is -2.25. The van der Waals surface area contributed by atoms with Crippen LogP contribution in [0.4, 0.5) is 5.13 Å². The van der Waals surface area contributed by atoms with Crippen LogP contribution < -0.4 is 14.4 Å². The SMILES string of the molecule is COc1c(Cl)cc(/C(O)=C2\C(=O)C(=O)N(c3nc4ccccc4s3)C2c2ccc(C(C)(C)C)cc2)c(OC)c1Cl. The Morgan fingerprint density at radius 2 is 1.65 bits per heavy atom. The molecular weight excluding hydrogens is 571 g/mol. The number of thiazole rings is 1. The monoisotopic (exact) mass is 596 g/mol. The highest BCUT2D eigenvalue weighted by atomic mass is 35.5. The molecule has 7 nitrogen and oxygen atoms in total. The third kappa shape index (κ3) is 4.60. The zero-order valence-electron chi connectivity index (χ0n) is 22.4. The van der Waals surface area contributed by atoms with Crippen LogP contribution in [0.15, 0.2) is 60.2 Å². The van der Waals surface area contributed by atoms with Gasteiger partial charge in [-0.15, -0.1) is 0 Å². The number of aliphatic hydroxyl groups excluding tert-OH is 1. The summed E-state index contributed by atoms with van der Waals surface area (Å²) in [7, 11) is 2.77. The molecule has 10 heteroatoms. The number of halogens is 2. The fourth-order valence-corrected chi connectivity index (χ4v) is 6.44. The van der Waals surface area contributed by atoms with E-state index in [0.717, 1.165) is 10.3 Å². The molecule has 1 atom stereocenters. The maximum Gasteiger partial charge on any atom is 0.301 e. The Kier molecular flexibility index (Phi) is 7.29. The molecule has 1 N–H and O–H groups in total. The number of methoxy groups -OCH3 is 2. The lowest BCUT2D eigenvalue weighted by Crippen LogP contribution is -2.29. The number of para-hydroxylation sites is 1. The molecule has 1 aliphatic heterocycles. The molecule has 0 radical (unpaired) electrons. The molecule has 206 valence electrons. The number of aliphatic hydroxyl groups is 1. The van der Waals surface area contributed by atoms with Crippen molar-refractivity contribution in [1.29, 1.82) is 0 Å². The van der Waals surface area contributed by atoms with Gasteiger partial charge in [-0.2, -0.15) is 0 Å². The van der Waals surface area contributed by atoms with E-state index in [2.05, 4.69) is 25.8 Å². The van der Waals surface area contributed by atoms with Crippen molar-refractivity contribution in [3.8, 4) is 11.5 Å². The van der Waals surface area contributed by atoms with Gasteiger partial charge in [0.05, 0.1) is 46.6 Å². The van der Waals surface area contributed by atoms with Gasteiger partial charge in [-0.1, -0.05) is 91.7 Å². The molecule has 1 aliphatic rings. The van der Waals surface area contributed by atoms with Crippen LogP contribution in [-0.4, -0.2) is 36.0 Å². The number of nitrogens with zero attached hydrogens (tertiary/aromatic N) is 2. The van der Waals surface area contributed by atoms with E-state index in [-0.39, 0.29) is 38.1 Å². The molecule has 40 heavy (non-hydrogen) atoms. The second-order valence-electron chi connectivity index (χ2n) is 10.3. The summed E-state index contributed by atoms with van der Waals surface area (Å²) >= 11 is 14.2. The fraction of sp³-hybridized carbons (Fsp3) is 0.233. The van der Waals surface area contributed by atoms with Crippen molar-refractivity contribution >= 4 is 67.3 Å². The van der Waals surface area contributed by atoms with Crippen LogP contribution in [0.2, 0.25) is 10.0 Å². The zero-order valence-corrected chi connectivity index (χ0v) is 24.7. The molecular formula is C30H26Cl2N2O5S. The van der Waals surface area contributed by atoms with Gasteiger partial charge >= 0.3 is 5.91 Å². The molecule has 0 spiro atoms. The highest BCUT2D eigenvalue weighted by molar-refractivity contribution is 7.22. The van der Waals surface area contributed by atoms with Gasteiger partial charge in [-0.25, -0.2) is 4.98 Å². The number of hydrogen-bond donors (Lipinski definition) is 1. The van der Waals surface area contributed by atoms with E-state index < -0.39 is 23.5 Å². The standard InChI is InChI=1S/C30H26Cl2N2O5S/c1-30(2,3)16-12-10-15(11-13-16)23-21(24(35)17-14-18(31)27(39-5)22(32)26(17)38-4)25(36)28(37)34(23)29-33-19-8-6-7-9-20(19)40-29/h6-14,23,35H,1-5H3/b24-21+. The molecule has 0 saturated carbocycles. The predicted octanol–water partition coefficient (Wildman–Crippen LogP) is 7.54. The fourth-order valence-electron chi connectivity index (χ4n) is 4.77. The molecule has 5 rings (SSSR count). The number of carbonyl (C=O) groups is 2. The average Bonchev–Trinajstić information content (AvgIpc) is 3.46. The van der Waals surface area contributed by atoms with Gasteiger partial charge in [0.1, 0.15) is 10.8 Å². The van der Waals surface area contributed by atoms with Gasteiger partial charge in [0, 0.05) is 0 Å². The van der Waals surface area contributed by atoms with Crippen LogP contribution in [0.1, 0.15) is 43.5 Å². The number of hydrogen-bond acceptors (Lipinski definition) is 7. The summed E-state index contributed by atoms with van der Waals surface area (Å²) < 4.78 is 11.6. The van der Waals surface area contributed by atoms with Crippen molar-refractivity contribution in [2.75, 3.05) is 19.1 Å². The van der Waals surface area contributed by atoms with Crippen LogP contribution in [-0.2, 0) is 15.0 Å². The third-order valence-electron chi connectivity index (χ3n) is 6.82. The number of ketones is 1.